The zero-order valence-corrected chi connectivity index (χ0v) is 8.95. The molecule has 15 heavy (non-hydrogen) atoms. The Balaban J connectivity index is 2.68. The van der Waals surface area contributed by atoms with Crippen molar-refractivity contribution in [2.24, 2.45) is 0 Å². The topological polar surface area (TPSA) is 48.1 Å². The molecule has 0 saturated heterocycles. The quantitative estimate of drug-likeness (QED) is 0.760. The third-order valence-electron chi connectivity index (χ3n) is 2.45. The van der Waals surface area contributed by atoms with Crippen molar-refractivity contribution < 1.29 is 4.74 Å². The highest BCUT2D eigenvalue weighted by molar-refractivity contribution is 5.90. The molecule has 0 unspecified atom stereocenters. The second kappa shape index (κ2) is 3.77. The Labute approximate surface area is 88.9 Å². The van der Waals surface area contributed by atoms with Crippen LogP contribution in [0.5, 0.6) is 5.75 Å². The number of pyridine rings is 1. The molecule has 1 aromatic carbocycles. The lowest BCUT2D eigenvalue weighted by atomic mass is 10.1. The molecule has 1 heterocycles. The number of hydrogen-bond donors (Lipinski definition) is 1. The van der Waals surface area contributed by atoms with E-state index in [1.54, 1.807) is 13.2 Å². The van der Waals surface area contributed by atoms with Gasteiger partial charge in [-0.15, -0.1) is 0 Å². The van der Waals surface area contributed by atoms with Gasteiger partial charge in [-0.05, 0) is 18.6 Å². The number of hydrogen-bond acceptors (Lipinski definition) is 3. The molecule has 1 aromatic heterocycles. The van der Waals surface area contributed by atoms with Crippen LogP contribution in [-0.2, 0) is 6.42 Å². The molecule has 0 atom stereocenters. The Morgan fingerprint density at radius 2 is 2.13 bits per heavy atom. The maximum atomic E-state index is 5.91. The van der Waals surface area contributed by atoms with Crippen molar-refractivity contribution in [1.82, 2.24) is 4.98 Å². The SMILES string of the molecule is CCc1ccc2cc(OC)cc(N)c2n1. The zero-order chi connectivity index (χ0) is 10.8. The first-order chi connectivity index (χ1) is 7.24. The van der Waals surface area contributed by atoms with Crippen LogP contribution in [0.1, 0.15) is 12.6 Å². The van der Waals surface area contributed by atoms with Crippen molar-refractivity contribution >= 4 is 16.6 Å². The van der Waals surface area contributed by atoms with Gasteiger partial charge in [0, 0.05) is 17.1 Å². The average molecular weight is 202 g/mol. The van der Waals surface area contributed by atoms with Crippen LogP contribution in [0.3, 0.4) is 0 Å². The number of benzene rings is 1. The lowest BCUT2D eigenvalue weighted by Gasteiger charge is -2.06. The van der Waals surface area contributed by atoms with Gasteiger partial charge in [0.15, 0.2) is 0 Å². The van der Waals surface area contributed by atoms with E-state index in [4.69, 9.17) is 10.5 Å². The molecule has 0 saturated carbocycles. The second-order valence-corrected chi connectivity index (χ2v) is 3.44. The molecule has 2 rings (SSSR count). The number of rotatable bonds is 2. The average Bonchev–Trinajstić information content (AvgIpc) is 2.28. The fourth-order valence-corrected chi connectivity index (χ4v) is 1.59. The zero-order valence-electron chi connectivity index (χ0n) is 8.95. The minimum absolute atomic E-state index is 0.666. The molecule has 3 nitrogen and oxygen atoms in total. The number of nitrogens with two attached hydrogens (primary N) is 1. The predicted octanol–water partition coefficient (Wildman–Crippen LogP) is 2.39. The van der Waals surface area contributed by atoms with Gasteiger partial charge in [-0.25, -0.2) is 0 Å². The Morgan fingerprint density at radius 1 is 1.33 bits per heavy atom. The maximum absolute atomic E-state index is 5.91. The molecule has 0 aliphatic rings. The molecule has 0 fully saturated rings. The molecule has 0 aliphatic heterocycles. The second-order valence-electron chi connectivity index (χ2n) is 3.44. The summed E-state index contributed by atoms with van der Waals surface area (Å²) in [6.07, 6.45) is 0.918. The summed E-state index contributed by atoms with van der Waals surface area (Å²) in [4.78, 5) is 4.49. The van der Waals surface area contributed by atoms with Gasteiger partial charge in [-0.1, -0.05) is 13.0 Å². The lowest BCUT2D eigenvalue weighted by Crippen LogP contribution is -1.94. The molecule has 78 valence electrons. The van der Waals surface area contributed by atoms with Crippen molar-refractivity contribution in [2.45, 2.75) is 13.3 Å². The van der Waals surface area contributed by atoms with E-state index in [0.29, 0.717) is 5.69 Å². The highest BCUT2D eigenvalue weighted by Gasteiger charge is 2.03. The summed E-state index contributed by atoms with van der Waals surface area (Å²) in [5.41, 5.74) is 8.49. The molecule has 0 spiro atoms. The minimum atomic E-state index is 0.666. The van der Waals surface area contributed by atoms with Gasteiger partial charge in [-0.2, -0.15) is 0 Å². The highest BCUT2D eigenvalue weighted by Crippen LogP contribution is 2.25. The van der Waals surface area contributed by atoms with Crippen molar-refractivity contribution in [1.29, 1.82) is 0 Å². The summed E-state index contributed by atoms with van der Waals surface area (Å²) >= 11 is 0. The van der Waals surface area contributed by atoms with Crippen molar-refractivity contribution in [3.8, 4) is 5.75 Å². The number of nitrogens with zero attached hydrogens (tertiary/aromatic N) is 1. The van der Waals surface area contributed by atoms with Crippen LogP contribution in [0.25, 0.3) is 10.9 Å². The van der Waals surface area contributed by atoms with Crippen LogP contribution in [0.4, 0.5) is 5.69 Å². The minimum Gasteiger partial charge on any atom is -0.497 e. The Hall–Kier alpha value is -1.77. The lowest BCUT2D eigenvalue weighted by molar-refractivity contribution is 0.415. The first-order valence-electron chi connectivity index (χ1n) is 4.97. The summed E-state index contributed by atoms with van der Waals surface area (Å²) in [6.45, 7) is 2.08. The van der Waals surface area contributed by atoms with E-state index < -0.39 is 0 Å². The normalized spacial score (nSPS) is 10.5. The van der Waals surface area contributed by atoms with Gasteiger partial charge in [-0.3, -0.25) is 4.98 Å². The molecule has 3 heteroatoms. The molecule has 0 aliphatic carbocycles. The van der Waals surface area contributed by atoms with Gasteiger partial charge in [0.05, 0.1) is 18.3 Å². The number of aryl methyl sites for hydroxylation is 1. The number of aromatic nitrogens is 1. The van der Waals surface area contributed by atoms with Crippen molar-refractivity contribution in [2.75, 3.05) is 12.8 Å². The molecule has 0 radical (unpaired) electrons. The third-order valence-corrected chi connectivity index (χ3v) is 2.45. The van der Waals surface area contributed by atoms with Gasteiger partial charge in [0.2, 0.25) is 0 Å². The van der Waals surface area contributed by atoms with Crippen LogP contribution in [0, 0.1) is 0 Å². The summed E-state index contributed by atoms with van der Waals surface area (Å²) in [6, 6.07) is 7.79. The molecule has 0 bridgehead atoms. The van der Waals surface area contributed by atoms with E-state index in [9.17, 15) is 0 Å². The smallest absolute Gasteiger partial charge is 0.121 e. The van der Waals surface area contributed by atoms with Crippen LogP contribution < -0.4 is 10.5 Å². The Kier molecular flexibility index (Phi) is 2.46. The van der Waals surface area contributed by atoms with E-state index in [1.807, 2.05) is 18.2 Å². The van der Waals surface area contributed by atoms with Crippen molar-refractivity contribution in [3.05, 3.63) is 30.0 Å². The number of fused-ring (bicyclic) bond motifs is 1. The van der Waals surface area contributed by atoms with Gasteiger partial charge in [0.1, 0.15) is 5.75 Å². The van der Waals surface area contributed by atoms with E-state index in [-0.39, 0.29) is 0 Å². The van der Waals surface area contributed by atoms with Crippen molar-refractivity contribution in [3.63, 3.8) is 0 Å². The van der Waals surface area contributed by atoms with E-state index in [0.717, 1.165) is 28.8 Å². The predicted molar refractivity (Wildman–Crippen MR) is 62.1 cm³/mol. The summed E-state index contributed by atoms with van der Waals surface area (Å²) in [7, 11) is 1.63. The maximum Gasteiger partial charge on any atom is 0.121 e. The van der Waals surface area contributed by atoms with E-state index in [2.05, 4.69) is 11.9 Å². The summed E-state index contributed by atoms with van der Waals surface area (Å²) < 4.78 is 5.15. The van der Waals surface area contributed by atoms with Crippen LogP contribution >= 0.6 is 0 Å². The van der Waals surface area contributed by atoms with Crippen LogP contribution in [-0.4, -0.2) is 12.1 Å². The van der Waals surface area contributed by atoms with Gasteiger partial charge < -0.3 is 10.5 Å². The monoisotopic (exact) mass is 202 g/mol. The fraction of sp³-hybridized carbons (Fsp3) is 0.250. The standard InChI is InChI=1S/C12H14N2O/c1-3-9-5-4-8-6-10(15-2)7-11(13)12(8)14-9/h4-7H,3,13H2,1-2H3. The molecule has 2 aromatic rings. The number of methoxy groups -OCH3 is 1. The Morgan fingerprint density at radius 3 is 2.80 bits per heavy atom. The van der Waals surface area contributed by atoms with Crippen LogP contribution in [0.15, 0.2) is 24.3 Å². The largest absolute Gasteiger partial charge is 0.497 e. The van der Waals surface area contributed by atoms with Crippen LogP contribution in [0.2, 0.25) is 0 Å². The molecular formula is C12H14N2O. The van der Waals surface area contributed by atoms with E-state index >= 15 is 0 Å². The number of anilines is 1. The molecule has 2 N–H and O–H groups in total. The number of nitrogen functional groups attached to an aromatic ring is 1. The number of ether oxygens (including phenoxy) is 1. The van der Waals surface area contributed by atoms with E-state index in [1.165, 1.54) is 0 Å². The highest BCUT2D eigenvalue weighted by atomic mass is 16.5. The first kappa shape index (κ1) is 9.77. The van der Waals surface area contributed by atoms with Gasteiger partial charge in [0.25, 0.3) is 0 Å². The van der Waals surface area contributed by atoms with Gasteiger partial charge >= 0.3 is 0 Å². The Bertz CT molecular complexity index is 494. The first-order valence-corrected chi connectivity index (χ1v) is 4.97. The molecule has 0 amide bonds. The summed E-state index contributed by atoms with van der Waals surface area (Å²) in [5, 5.41) is 1.02. The molecular weight excluding hydrogens is 188 g/mol. The fourth-order valence-electron chi connectivity index (χ4n) is 1.59. The third kappa shape index (κ3) is 1.73. The summed E-state index contributed by atoms with van der Waals surface area (Å²) in [5.74, 6) is 0.769.